The molecule has 6 nitrogen and oxygen atoms in total. The summed E-state index contributed by atoms with van der Waals surface area (Å²) < 4.78 is 0. The molecular formula is C15H17N3O3. The van der Waals surface area contributed by atoms with Gasteiger partial charge in [0.25, 0.3) is 0 Å². The van der Waals surface area contributed by atoms with Crippen LogP contribution < -0.4 is 5.32 Å². The van der Waals surface area contributed by atoms with Gasteiger partial charge in [0.05, 0.1) is 5.41 Å². The summed E-state index contributed by atoms with van der Waals surface area (Å²) >= 11 is 0. The topological polar surface area (TPSA) is 79.4 Å². The SMILES string of the molecule is O=C(CN1C(=O)CC2(CCCC2)C1=O)Nc1ccncc1. The van der Waals surface area contributed by atoms with Gasteiger partial charge in [-0.15, -0.1) is 0 Å². The van der Waals surface area contributed by atoms with E-state index in [1.54, 1.807) is 24.5 Å². The van der Waals surface area contributed by atoms with Crippen LogP contribution >= 0.6 is 0 Å². The van der Waals surface area contributed by atoms with Crippen LogP contribution in [0.15, 0.2) is 24.5 Å². The van der Waals surface area contributed by atoms with Crippen LogP contribution in [-0.2, 0) is 14.4 Å². The lowest BCUT2D eigenvalue weighted by Crippen LogP contribution is -2.39. The molecule has 1 aromatic rings. The van der Waals surface area contributed by atoms with Crippen molar-refractivity contribution in [1.82, 2.24) is 9.88 Å². The second-order valence-corrected chi connectivity index (χ2v) is 5.73. The minimum atomic E-state index is -0.520. The molecule has 0 bridgehead atoms. The zero-order valence-electron chi connectivity index (χ0n) is 11.7. The molecule has 2 aliphatic rings. The van der Waals surface area contributed by atoms with Gasteiger partial charge in [0.1, 0.15) is 6.54 Å². The van der Waals surface area contributed by atoms with E-state index in [9.17, 15) is 14.4 Å². The minimum absolute atomic E-state index is 0.171. The summed E-state index contributed by atoms with van der Waals surface area (Å²) in [6, 6.07) is 3.31. The van der Waals surface area contributed by atoms with E-state index in [-0.39, 0.29) is 30.7 Å². The number of anilines is 1. The van der Waals surface area contributed by atoms with E-state index in [1.807, 2.05) is 0 Å². The maximum Gasteiger partial charge on any atom is 0.244 e. The molecule has 110 valence electrons. The molecule has 1 aliphatic heterocycles. The highest BCUT2D eigenvalue weighted by atomic mass is 16.2. The Bertz CT molecular complexity index is 579. The highest BCUT2D eigenvalue weighted by Gasteiger charge is 2.52. The first kappa shape index (κ1) is 13.7. The molecule has 2 fully saturated rings. The number of hydrogen-bond acceptors (Lipinski definition) is 4. The fourth-order valence-corrected chi connectivity index (χ4v) is 3.24. The summed E-state index contributed by atoms with van der Waals surface area (Å²) in [5.41, 5.74) is 0.0817. The van der Waals surface area contributed by atoms with Gasteiger partial charge in [0, 0.05) is 24.5 Å². The van der Waals surface area contributed by atoms with Crippen LogP contribution in [0.3, 0.4) is 0 Å². The number of pyridine rings is 1. The number of nitrogens with one attached hydrogen (secondary N) is 1. The second-order valence-electron chi connectivity index (χ2n) is 5.73. The first-order chi connectivity index (χ1) is 10.1. The monoisotopic (exact) mass is 287 g/mol. The average molecular weight is 287 g/mol. The van der Waals surface area contributed by atoms with Crippen LogP contribution in [-0.4, -0.2) is 34.2 Å². The predicted molar refractivity (Wildman–Crippen MR) is 75.1 cm³/mol. The molecule has 0 radical (unpaired) electrons. The molecule has 0 atom stereocenters. The van der Waals surface area contributed by atoms with Crippen molar-refractivity contribution in [3.8, 4) is 0 Å². The van der Waals surface area contributed by atoms with Gasteiger partial charge >= 0.3 is 0 Å². The Morgan fingerprint density at radius 1 is 1.24 bits per heavy atom. The molecule has 3 rings (SSSR count). The van der Waals surface area contributed by atoms with Crippen molar-refractivity contribution in [1.29, 1.82) is 0 Å². The molecule has 3 amide bonds. The summed E-state index contributed by atoms with van der Waals surface area (Å²) in [5.74, 6) is -0.764. The van der Waals surface area contributed by atoms with Crippen LogP contribution in [0.25, 0.3) is 0 Å². The van der Waals surface area contributed by atoms with E-state index in [0.29, 0.717) is 5.69 Å². The zero-order chi connectivity index (χ0) is 14.9. The van der Waals surface area contributed by atoms with Gasteiger partial charge in [0.2, 0.25) is 17.7 Å². The van der Waals surface area contributed by atoms with E-state index < -0.39 is 5.41 Å². The molecule has 6 heteroatoms. The molecule has 1 N–H and O–H groups in total. The number of nitrogens with zero attached hydrogens (tertiary/aromatic N) is 2. The van der Waals surface area contributed by atoms with Crippen molar-refractivity contribution in [3.63, 3.8) is 0 Å². The number of aromatic nitrogens is 1. The Hall–Kier alpha value is -2.24. The van der Waals surface area contributed by atoms with E-state index in [4.69, 9.17) is 0 Å². The average Bonchev–Trinajstić information content (AvgIpc) is 3.02. The van der Waals surface area contributed by atoms with Gasteiger partial charge in [-0.3, -0.25) is 24.3 Å². The standard InChI is InChI=1S/C15H17N3O3/c19-12(17-11-3-7-16-8-4-11)10-18-13(20)9-15(14(18)21)5-1-2-6-15/h3-4,7-8H,1-2,5-6,9-10H2,(H,16,17,19). The third-order valence-electron chi connectivity index (χ3n) is 4.32. The lowest BCUT2D eigenvalue weighted by Gasteiger charge is -2.20. The molecule has 1 saturated heterocycles. The smallest absolute Gasteiger partial charge is 0.244 e. The molecular weight excluding hydrogens is 270 g/mol. The van der Waals surface area contributed by atoms with Crippen molar-refractivity contribution >= 4 is 23.4 Å². The van der Waals surface area contributed by atoms with E-state index in [0.717, 1.165) is 30.6 Å². The number of hydrogen-bond donors (Lipinski definition) is 1. The molecule has 1 aliphatic carbocycles. The first-order valence-electron chi connectivity index (χ1n) is 7.15. The largest absolute Gasteiger partial charge is 0.324 e. The van der Waals surface area contributed by atoms with Crippen molar-refractivity contribution in [2.75, 3.05) is 11.9 Å². The Kier molecular flexibility index (Phi) is 3.45. The number of likely N-dealkylation sites (tertiary alicyclic amines) is 1. The second kappa shape index (κ2) is 5.27. The lowest BCUT2D eigenvalue weighted by atomic mass is 9.84. The molecule has 1 aromatic heterocycles. The van der Waals surface area contributed by atoms with Crippen molar-refractivity contribution in [2.24, 2.45) is 5.41 Å². The zero-order valence-corrected chi connectivity index (χ0v) is 11.7. The summed E-state index contributed by atoms with van der Waals surface area (Å²) in [4.78, 5) is 41.4. The molecule has 1 saturated carbocycles. The van der Waals surface area contributed by atoms with Crippen molar-refractivity contribution in [2.45, 2.75) is 32.1 Å². The fourth-order valence-electron chi connectivity index (χ4n) is 3.24. The van der Waals surface area contributed by atoms with Crippen LogP contribution in [0.2, 0.25) is 0 Å². The van der Waals surface area contributed by atoms with E-state index >= 15 is 0 Å². The number of rotatable bonds is 3. The van der Waals surface area contributed by atoms with Crippen LogP contribution in [0.1, 0.15) is 32.1 Å². The Morgan fingerprint density at radius 2 is 1.90 bits per heavy atom. The third kappa shape index (κ3) is 2.53. The number of imide groups is 1. The summed E-state index contributed by atoms with van der Waals surface area (Å²) in [7, 11) is 0. The highest BCUT2D eigenvalue weighted by Crippen LogP contribution is 2.46. The fraction of sp³-hybridized carbons (Fsp3) is 0.467. The van der Waals surface area contributed by atoms with Gasteiger partial charge in [-0.25, -0.2) is 0 Å². The predicted octanol–water partition coefficient (Wildman–Crippen LogP) is 1.34. The molecule has 0 unspecified atom stereocenters. The highest BCUT2D eigenvalue weighted by molar-refractivity contribution is 6.09. The van der Waals surface area contributed by atoms with Gasteiger partial charge < -0.3 is 5.32 Å². The Morgan fingerprint density at radius 3 is 2.57 bits per heavy atom. The molecule has 2 heterocycles. The van der Waals surface area contributed by atoms with E-state index in [1.165, 1.54) is 0 Å². The first-order valence-corrected chi connectivity index (χ1v) is 7.15. The lowest BCUT2D eigenvalue weighted by molar-refractivity contribution is -0.143. The quantitative estimate of drug-likeness (QED) is 0.851. The molecule has 0 aromatic carbocycles. The number of carbonyl (C=O) groups is 3. The van der Waals surface area contributed by atoms with Gasteiger partial charge in [-0.05, 0) is 25.0 Å². The number of amides is 3. The van der Waals surface area contributed by atoms with Crippen LogP contribution in [0.4, 0.5) is 5.69 Å². The van der Waals surface area contributed by atoms with Crippen LogP contribution in [0.5, 0.6) is 0 Å². The summed E-state index contributed by atoms with van der Waals surface area (Å²) in [6.07, 6.45) is 6.88. The third-order valence-corrected chi connectivity index (χ3v) is 4.32. The minimum Gasteiger partial charge on any atom is -0.324 e. The van der Waals surface area contributed by atoms with Gasteiger partial charge in [-0.1, -0.05) is 12.8 Å². The summed E-state index contributed by atoms with van der Waals surface area (Å²) in [5, 5.41) is 2.66. The Balaban J connectivity index is 1.66. The molecule has 1 spiro atoms. The maximum atomic E-state index is 12.4. The van der Waals surface area contributed by atoms with Gasteiger partial charge in [-0.2, -0.15) is 0 Å². The Labute approximate surface area is 122 Å². The van der Waals surface area contributed by atoms with Gasteiger partial charge in [0.15, 0.2) is 0 Å². The normalized spacial score (nSPS) is 20.3. The summed E-state index contributed by atoms with van der Waals surface area (Å²) in [6.45, 7) is -0.207. The van der Waals surface area contributed by atoms with Crippen LogP contribution in [0, 0.1) is 5.41 Å². The maximum absolute atomic E-state index is 12.4. The number of carbonyl (C=O) groups excluding carboxylic acids is 3. The molecule has 21 heavy (non-hydrogen) atoms. The van der Waals surface area contributed by atoms with Crippen molar-refractivity contribution < 1.29 is 14.4 Å². The van der Waals surface area contributed by atoms with E-state index in [2.05, 4.69) is 10.3 Å². The van der Waals surface area contributed by atoms with Crippen molar-refractivity contribution in [3.05, 3.63) is 24.5 Å².